The summed E-state index contributed by atoms with van der Waals surface area (Å²) in [5.41, 5.74) is 0.991. The maximum atomic E-state index is 11.3. The molecule has 0 saturated heterocycles. The summed E-state index contributed by atoms with van der Waals surface area (Å²) in [4.78, 5) is 11.3. The molecule has 0 aliphatic carbocycles. The maximum absolute atomic E-state index is 11.3. The number of aliphatic hydroxyl groups is 1. The SMILES string of the molecule is CC(C)=CC(=O)OCCCCCCCCCCCCCCCCCCCO. The van der Waals surface area contributed by atoms with Crippen molar-refractivity contribution in [1.29, 1.82) is 0 Å². The van der Waals surface area contributed by atoms with Gasteiger partial charge in [0.15, 0.2) is 0 Å². The molecule has 27 heavy (non-hydrogen) atoms. The predicted octanol–water partition coefficient (Wildman–Crippen LogP) is 7.12. The number of hydrogen-bond acceptors (Lipinski definition) is 3. The highest BCUT2D eigenvalue weighted by Gasteiger charge is 1.98. The number of allylic oxidation sites excluding steroid dienone is 1. The van der Waals surface area contributed by atoms with E-state index in [0.29, 0.717) is 13.2 Å². The third kappa shape index (κ3) is 23.1. The molecular weight excluding hydrogens is 336 g/mol. The third-order valence-corrected chi connectivity index (χ3v) is 4.95. The summed E-state index contributed by atoms with van der Waals surface area (Å²) < 4.78 is 5.16. The Morgan fingerprint density at radius 1 is 0.630 bits per heavy atom. The van der Waals surface area contributed by atoms with E-state index in [-0.39, 0.29) is 5.97 Å². The number of carbonyl (C=O) groups excluding carboxylic acids is 1. The number of unbranched alkanes of at least 4 members (excludes halogenated alkanes) is 16. The molecule has 0 unspecified atom stereocenters. The van der Waals surface area contributed by atoms with Gasteiger partial charge in [-0.15, -0.1) is 0 Å². The van der Waals surface area contributed by atoms with Crippen molar-refractivity contribution in [3.8, 4) is 0 Å². The van der Waals surface area contributed by atoms with Gasteiger partial charge in [0, 0.05) is 12.7 Å². The fourth-order valence-electron chi connectivity index (χ4n) is 3.32. The van der Waals surface area contributed by atoms with Crippen molar-refractivity contribution in [3.05, 3.63) is 11.6 Å². The lowest BCUT2D eigenvalue weighted by Gasteiger charge is -2.04. The Balaban J connectivity index is 3.09. The second kappa shape index (κ2) is 21.5. The Kier molecular flexibility index (Phi) is 20.8. The quantitative estimate of drug-likeness (QED) is 0.138. The second-order valence-corrected chi connectivity index (χ2v) is 8.12. The number of esters is 1. The highest BCUT2D eigenvalue weighted by Crippen LogP contribution is 2.14. The van der Waals surface area contributed by atoms with Crippen molar-refractivity contribution in [1.82, 2.24) is 0 Å². The molecule has 0 heterocycles. The van der Waals surface area contributed by atoms with Crippen LogP contribution in [0.3, 0.4) is 0 Å². The molecule has 160 valence electrons. The van der Waals surface area contributed by atoms with Crippen LogP contribution in [-0.2, 0) is 9.53 Å². The number of hydrogen-bond donors (Lipinski definition) is 1. The average molecular weight is 383 g/mol. The van der Waals surface area contributed by atoms with Crippen molar-refractivity contribution in [2.45, 2.75) is 123 Å². The van der Waals surface area contributed by atoms with Crippen LogP contribution in [-0.4, -0.2) is 24.3 Å². The van der Waals surface area contributed by atoms with Gasteiger partial charge < -0.3 is 9.84 Å². The van der Waals surface area contributed by atoms with Gasteiger partial charge in [-0.25, -0.2) is 4.79 Å². The van der Waals surface area contributed by atoms with Gasteiger partial charge in [0.1, 0.15) is 0 Å². The van der Waals surface area contributed by atoms with E-state index >= 15 is 0 Å². The first kappa shape index (κ1) is 26.2. The fourth-order valence-corrected chi connectivity index (χ4v) is 3.32. The Morgan fingerprint density at radius 3 is 1.30 bits per heavy atom. The summed E-state index contributed by atoms with van der Waals surface area (Å²) in [5.74, 6) is -0.201. The zero-order valence-corrected chi connectivity index (χ0v) is 18.3. The standard InChI is InChI=1S/C24H46O3/c1-23(2)22-24(26)27-21-19-17-15-13-11-9-7-5-3-4-6-8-10-12-14-16-18-20-25/h22,25H,3-21H2,1-2H3. The Morgan fingerprint density at radius 2 is 0.963 bits per heavy atom. The van der Waals surface area contributed by atoms with Gasteiger partial charge in [-0.05, 0) is 26.7 Å². The molecule has 0 aliphatic rings. The van der Waals surface area contributed by atoms with Gasteiger partial charge >= 0.3 is 5.97 Å². The largest absolute Gasteiger partial charge is 0.463 e. The van der Waals surface area contributed by atoms with E-state index in [2.05, 4.69) is 0 Å². The van der Waals surface area contributed by atoms with Gasteiger partial charge in [-0.1, -0.05) is 102 Å². The van der Waals surface area contributed by atoms with Crippen molar-refractivity contribution in [3.63, 3.8) is 0 Å². The first-order chi connectivity index (χ1) is 13.2. The number of rotatable bonds is 20. The lowest BCUT2D eigenvalue weighted by atomic mass is 10.0. The van der Waals surface area contributed by atoms with Gasteiger partial charge in [0.05, 0.1) is 6.61 Å². The molecule has 0 aromatic heterocycles. The van der Waals surface area contributed by atoms with Crippen LogP contribution in [0.2, 0.25) is 0 Å². The van der Waals surface area contributed by atoms with Crippen LogP contribution < -0.4 is 0 Å². The number of carbonyl (C=O) groups is 1. The monoisotopic (exact) mass is 382 g/mol. The van der Waals surface area contributed by atoms with Gasteiger partial charge in [-0.2, -0.15) is 0 Å². The molecule has 0 atom stereocenters. The topological polar surface area (TPSA) is 46.5 Å². The van der Waals surface area contributed by atoms with Crippen LogP contribution >= 0.6 is 0 Å². The zero-order valence-electron chi connectivity index (χ0n) is 18.3. The lowest BCUT2D eigenvalue weighted by Crippen LogP contribution is -2.02. The molecule has 1 N–H and O–H groups in total. The van der Waals surface area contributed by atoms with E-state index < -0.39 is 0 Å². The van der Waals surface area contributed by atoms with Crippen molar-refractivity contribution in [2.24, 2.45) is 0 Å². The third-order valence-electron chi connectivity index (χ3n) is 4.95. The smallest absolute Gasteiger partial charge is 0.330 e. The lowest BCUT2D eigenvalue weighted by molar-refractivity contribution is -0.137. The van der Waals surface area contributed by atoms with Gasteiger partial charge in [0.2, 0.25) is 0 Å². The first-order valence-electron chi connectivity index (χ1n) is 11.6. The number of aliphatic hydroxyl groups excluding tert-OH is 1. The minimum absolute atomic E-state index is 0.201. The van der Waals surface area contributed by atoms with E-state index in [1.807, 2.05) is 13.8 Å². The molecule has 0 amide bonds. The Hall–Kier alpha value is -0.830. The highest BCUT2D eigenvalue weighted by molar-refractivity contribution is 5.82. The van der Waals surface area contributed by atoms with Gasteiger partial charge in [0.25, 0.3) is 0 Å². The first-order valence-corrected chi connectivity index (χ1v) is 11.6. The van der Waals surface area contributed by atoms with Crippen LogP contribution in [0.1, 0.15) is 123 Å². The van der Waals surface area contributed by atoms with Crippen LogP contribution in [0, 0.1) is 0 Å². The molecule has 0 aliphatic heterocycles. The molecule has 0 aromatic rings. The molecule has 0 saturated carbocycles. The molecule has 3 nitrogen and oxygen atoms in total. The van der Waals surface area contributed by atoms with Crippen molar-refractivity contribution >= 4 is 5.97 Å². The molecule has 0 spiro atoms. The van der Waals surface area contributed by atoms with Crippen LogP contribution in [0.5, 0.6) is 0 Å². The zero-order chi connectivity index (χ0) is 20.0. The maximum Gasteiger partial charge on any atom is 0.330 e. The average Bonchev–Trinajstić information content (AvgIpc) is 2.63. The molecule has 0 fully saturated rings. The van der Waals surface area contributed by atoms with Crippen LogP contribution in [0.15, 0.2) is 11.6 Å². The summed E-state index contributed by atoms with van der Waals surface area (Å²) in [7, 11) is 0. The molecule has 0 aromatic carbocycles. The van der Waals surface area contributed by atoms with Crippen LogP contribution in [0.4, 0.5) is 0 Å². The minimum Gasteiger partial charge on any atom is -0.463 e. The molecular formula is C24H46O3. The van der Waals surface area contributed by atoms with E-state index in [4.69, 9.17) is 9.84 Å². The predicted molar refractivity (Wildman–Crippen MR) is 116 cm³/mol. The fraction of sp³-hybridized carbons (Fsp3) is 0.875. The summed E-state index contributed by atoms with van der Waals surface area (Å²) >= 11 is 0. The summed E-state index contributed by atoms with van der Waals surface area (Å²) in [5, 5.41) is 8.72. The van der Waals surface area contributed by atoms with Crippen molar-refractivity contribution in [2.75, 3.05) is 13.2 Å². The molecule has 0 radical (unpaired) electrons. The highest BCUT2D eigenvalue weighted by atomic mass is 16.5. The van der Waals surface area contributed by atoms with E-state index in [1.165, 1.54) is 96.3 Å². The molecule has 0 rings (SSSR count). The summed E-state index contributed by atoms with van der Waals surface area (Å²) in [6, 6.07) is 0. The normalized spacial score (nSPS) is 10.8. The van der Waals surface area contributed by atoms with Gasteiger partial charge in [-0.3, -0.25) is 0 Å². The minimum atomic E-state index is -0.201. The summed E-state index contributed by atoms with van der Waals surface area (Å²) in [6.07, 6.45) is 23.6. The Labute approximate surface area is 169 Å². The number of ether oxygens (including phenoxy) is 1. The van der Waals surface area contributed by atoms with E-state index in [0.717, 1.165) is 18.4 Å². The Bertz CT molecular complexity index is 346. The molecule has 3 heteroatoms. The molecule has 0 bridgehead atoms. The van der Waals surface area contributed by atoms with E-state index in [9.17, 15) is 4.79 Å². The van der Waals surface area contributed by atoms with Crippen LogP contribution in [0.25, 0.3) is 0 Å². The summed E-state index contributed by atoms with van der Waals surface area (Å²) in [6.45, 7) is 4.73. The van der Waals surface area contributed by atoms with Crippen molar-refractivity contribution < 1.29 is 14.6 Å². The van der Waals surface area contributed by atoms with E-state index in [1.54, 1.807) is 6.08 Å². The second-order valence-electron chi connectivity index (χ2n) is 8.12.